The van der Waals surface area contributed by atoms with Gasteiger partial charge in [-0.15, -0.1) is 0 Å². The predicted molar refractivity (Wildman–Crippen MR) is 107 cm³/mol. The van der Waals surface area contributed by atoms with Crippen molar-refractivity contribution in [2.24, 2.45) is 0 Å². The number of hydrogen-bond donors (Lipinski definition) is 0. The molecule has 0 aliphatic rings. The van der Waals surface area contributed by atoms with E-state index in [2.05, 4.69) is 12.2 Å². The van der Waals surface area contributed by atoms with Crippen LogP contribution in [0.4, 0.5) is 4.39 Å². The van der Waals surface area contributed by atoms with Gasteiger partial charge in [-0.05, 0) is 41.3 Å². The second kappa shape index (κ2) is 9.00. The summed E-state index contributed by atoms with van der Waals surface area (Å²) in [6.45, 7) is 2.65. The summed E-state index contributed by atoms with van der Waals surface area (Å²) in [5.74, 6) is 0.883. The average molecular weight is 346 g/mol. The van der Waals surface area contributed by atoms with Crippen LogP contribution in [0.1, 0.15) is 35.3 Å². The fourth-order valence-electron chi connectivity index (χ4n) is 2.79. The van der Waals surface area contributed by atoms with E-state index < -0.39 is 6.17 Å². The van der Waals surface area contributed by atoms with Crippen LogP contribution in [0.25, 0.3) is 12.2 Å². The van der Waals surface area contributed by atoms with Gasteiger partial charge in [0.1, 0.15) is 11.9 Å². The number of rotatable bonds is 7. The van der Waals surface area contributed by atoms with Crippen LogP contribution in [0.5, 0.6) is 5.75 Å². The normalized spacial score (nSPS) is 12.2. The molecule has 1 unspecified atom stereocenters. The zero-order valence-electron chi connectivity index (χ0n) is 14.9. The molecular formula is C24H23FO. The van der Waals surface area contributed by atoms with Gasteiger partial charge >= 0.3 is 0 Å². The molecule has 0 heterocycles. The van der Waals surface area contributed by atoms with Crippen LogP contribution in [0, 0.1) is 0 Å². The number of hydrogen-bond acceptors (Lipinski definition) is 1. The molecule has 132 valence electrons. The van der Waals surface area contributed by atoms with Gasteiger partial charge in [0.2, 0.25) is 0 Å². The molecule has 0 amide bonds. The number of ether oxygens (including phenoxy) is 1. The third kappa shape index (κ3) is 5.06. The second-order valence-electron chi connectivity index (χ2n) is 6.16. The van der Waals surface area contributed by atoms with Crippen LogP contribution >= 0.6 is 0 Å². The summed E-state index contributed by atoms with van der Waals surface area (Å²) >= 11 is 0. The Kier molecular flexibility index (Phi) is 6.21. The van der Waals surface area contributed by atoms with Gasteiger partial charge in [-0.3, -0.25) is 0 Å². The van der Waals surface area contributed by atoms with Crippen molar-refractivity contribution in [1.82, 2.24) is 0 Å². The molecule has 3 aromatic rings. The van der Waals surface area contributed by atoms with Gasteiger partial charge in [0, 0.05) is 6.42 Å². The van der Waals surface area contributed by atoms with Crippen molar-refractivity contribution < 1.29 is 9.13 Å². The van der Waals surface area contributed by atoms with Crippen molar-refractivity contribution in [3.05, 3.63) is 101 Å². The second-order valence-corrected chi connectivity index (χ2v) is 6.16. The molecule has 0 aliphatic carbocycles. The minimum absolute atomic E-state index is 0.396. The minimum atomic E-state index is -0.971. The Balaban J connectivity index is 1.60. The molecule has 1 atom stereocenters. The average Bonchev–Trinajstić information content (AvgIpc) is 2.69. The Morgan fingerprint density at radius 1 is 0.808 bits per heavy atom. The van der Waals surface area contributed by atoms with Crippen LogP contribution < -0.4 is 4.74 Å². The summed E-state index contributed by atoms with van der Waals surface area (Å²) in [7, 11) is 0. The monoisotopic (exact) mass is 346 g/mol. The molecule has 0 spiro atoms. The van der Waals surface area contributed by atoms with E-state index in [0.717, 1.165) is 28.0 Å². The Morgan fingerprint density at radius 2 is 1.38 bits per heavy atom. The molecule has 0 radical (unpaired) electrons. The lowest BCUT2D eigenvalue weighted by Gasteiger charge is -2.08. The predicted octanol–water partition coefficient (Wildman–Crippen LogP) is 6.51. The van der Waals surface area contributed by atoms with E-state index in [9.17, 15) is 4.39 Å². The van der Waals surface area contributed by atoms with Crippen molar-refractivity contribution >= 4 is 12.2 Å². The molecule has 3 rings (SSSR count). The summed E-state index contributed by atoms with van der Waals surface area (Å²) in [5.41, 5.74) is 3.94. The minimum Gasteiger partial charge on any atom is -0.494 e. The van der Waals surface area contributed by atoms with Gasteiger partial charge in [-0.1, -0.05) is 78.9 Å². The molecule has 0 fully saturated rings. The zero-order chi connectivity index (χ0) is 18.2. The number of halogens is 1. The van der Waals surface area contributed by atoms with Crippen molar-refractivity contribution in [1.29, 1.82) is 0 Å². The molecule has 26 heavy (non-hydrogen) atoms. The van der Waals surface area contributed by atoms with Crippen molar-refractivity contribution in [2.45, 2.75) is 19.5 Å². The summed E-state index contributed by atoms with van der Waals surface area (Å²) in [6.07, 6.45) is 3.55. The first kappa shape index (κ1) is 17.9. The van der Waals surface area contributed by atoms with Crippen molar-refractivity contribution in [3.63, 3.8) is 0 Å². The quantitative estimate of drug-likeness (QED) is 0.443. The molecule has 0 bridgehead atoms. The van der Waals surface area contributed by atoms with E-state index >= 15 is 0 Å². The van der Waals surface area contributed by atoms with Gasteiger partial charge in [0.25, 0.3) is 0 Å². The first-order chi connectivity index (χ1) is 12.7. The Bertz CT molecular complexity index is 820. The molecule has 0 saturated heterocycles. The molecule has 3 aromatic carbocycles. The summed E-state index contributed by atoms with van der Waals surface area (Å²) in [4.78, 5) is 0. The van der Waals surface area contributed by atoms with E-state index in [-0.39, 0.29) is 0 Å². The summed E-state index contributed by atoms with van der Waals surface area (Å²) in [5, 5.41) is 0. The lowest BCUT2D eigenvalue weighted by molar-refractivity contribution is 0.340. The van der Waals surface area contributed by atoms with E-state index in [0.29, 0.717) is 13.0 Å². The van der Waals surface area contributed by atoms with Gasteiger partial charge in [0.15, 0.2) is 0 Å². The maximum absolute atomic E-state index is 14.4. The molecule has 0 N–H and O–H groups in total. The third-order valence-corrected chi connectivity index (χ3v) is 4.22. The molecule has 1 nitrogen and oxygen atoms in total. The number of benzene rings is 3. The van der Waals surface area contributed by atoms with Crippen LogP contribution in [-0.4, -0.2) is 6.61 Å². The van der Waals surface area contributed by atoms with Gasteiger partial charge in [-0.25, -0.2) is 4.39 Å². The van der Waals surface area contributed by atoms with Crippen LogP contribution in [0.2, 0.25) is 0 Å². The number of alkyl halides is 1. The van der Waals surface area contributed by atoms with Gasteiger partial charge in [-0.2, -0.15) is 0 Å². The first-order valence-corrected chi connectivity index (χ1v) is 8.93. The van der Waals surface area contributed by atoms with E-state index in [4.69, 9.17) is 4.74 Å². The highest BCUT2D eigenvalue weighted by atomic mass is 19.1. The van der Waals surface area contributed by atoms with Gasteiger partial charge in [0.05, 0.1) is 6.61 Å². The molecule has 0 aromatic heterocycles. The molecule has 2 heteroatoms. The Morgan fingerprint density at radius 3 is 1.96 bits per heavy atom. The Labute approximate surface area is 154 Å². The highest BCUT2D eigenvalue weighted by Crippen LogP contribution is 2.22. The third-order valence-electron chi connectivity index (χ3n) is 4.22. The first-order valence-electron chi connectivity index (χ1n) is 8.93. The van der Waals surface area contributed by atoms with Crippen LogP contribution in [0.3, 0.4) is 0 Å². The SMILES string of the molecule is CCOc1ccc(/C=C/c2ccc(CC(F)c3ccccc3)cc2)cc1. The highest BCUT2D eigenvalue weighted by molar-refractivity contribution is 5.69. The smallest absolute Gasteiger partial charge is 0.129 e. The zero-order valence-corrected chi connectivity index (χ0v) is 14.9. The standard InChI is InChI=1S/C24H23FO/c1-2-26-23-16-14-20(15-17-23)9-8-19-10-12-21(13-11-19)18-24(25)22-6-4-3-5-7-22/h3-17,24H,2,18H2,1H3/b9-8+. The molecular weight excluding hydrogens is 323 g/mol. The molecule has 0 aliphatic heterocycles. The fourth-order valence-corrected chi connectivity index (χ4v) is 2.79. The topological polar surface area (TPSA) is 9.23 Å². The summed E-state index contributed by atoms with van der Waals surface area (Å²) < 4.78 is 19.8. The van der Waals surface area contributed by atoms with Crippen molar-refractivity contribution in [3.8, 4) is 5.75 Å². The fraction of sp³-hybridized carbons (Fsp3) is 0.167. The van der Waals surface area contributed by atoms with E-state index in [1.165, 1.54) is 0 Å². The largest absolute Gasteiger partial charge is 0.494 e. The van der Waals surface area contributed by atoms with Crippen LogP contribution in [-0.2, 0) is 6.42 Å². The lowest BCUT2D eigenvalue weighted by Crippen LogP contribution is -1.96. The molecule has 0 saturated carbocycles. The van der Waals surface area contributed by atoms with Gasteiger partial charge < -0.3 is 4.74 Å². The summed E-state index contributed by atoms with van der Waals surface area (Å²) in [6, 6.07) is 25.4. The van der Waals surface area contributed by atoms with Crippen LogP contribution in [0.15, 0.2) is 78.9 Å². The Hall–Kier alpha value is -2.87. The lowest BCUT2D eigenvalue weighted by atomic mass is 10.0. The maximum atomic E-state index is 14.4. The van der Waals surface area contributed by atoms with E-state index in [1.54, 1.807) is 0 Å². The van der Waals surface area contributed by atoms with Crippen molar-refractivity contribution in [2.75, 3.05) is 6.61 Å². The maximum Gasteiger partial charge on any atom is 0.129 e. The van der Waals surface area contributed by atoms with E-state index in [1.807, 2.05) is 85.8 Å². The highest BCUT2D eigenvalue weighted by Gasteiger charge is 2.09.